The Balaban J connectivity index is 1.83. The number of halogens is 1. The standard InChI is InChI=1S/C24H18ClNO4/c1-29-23-13-16(6-11-22(23)30-15-19-4-2-3-5-21(19)25)12-20(14-26)17-7-9-18(10-8-17)24(27)28/h2-13H,15H2,1H3,(H,27,28)/b20-12-. The summed E-state index contributed by atoms with van der Waals surface area (Å²) in [4.78, 5) is 11.0. The number of carboxylic acids is 1. The molecule has 0 amide bonds. The Kier molecular flexibility index (Phi) is 6.74. The Morgan fingerprint density at radius 2 is 1.77 bits per heavy atom. The Labute approximate surface area is 179 Å². The third-order valence-electron chi connectivity index (χ3n) is 4.40. The number of hydrogen-bond donors (Lipinski definition) is 1. The van der Waals surface area contributed by atoms with E-state index in [2.05, 4.69) is 6.07 Å². The fourth-order valence-electron chi connectivity index (χ4n) is 2.80. The zero-order valence-electron chi connectivity index (χ0n) is 16.1. The van der Waals surface area contributed by atoms with Crippen molar-refractivity contribution in [2.45, 2.75) is 6.61 Å². The van der Waals surface area contributed by atoms with Gasteiger partial charge in [0.15, 0.2) is 11.5 Å². The van der Waals surface area contributed by atoms with Crippen LogP contribution >= 0.6 is 11.6 Å². The number of methoxy groups -OCH3 is 1. The van der Waals surface area contributed by atoms with Crippen molar-refractivity contribution in [3.05, 3.63) is 94.0 Å². The summed E-state index contributed by atoms with van der Waals surface area (Å²) >= 11 is 6.17. The van der Waals surface area contributed by atoms with Gasteiger partial charge in [0, 0.05) is 10.6 Å². The van der Waals surface area contributed by atoms with Crippen LogP contribution in [0.4, 0.5) is 0 Å². The van der Waals surface area contributed by atoms with Crippen LogP contribution in [0, 0.1) is 11.3 Å². The van der Waals surface area contributed by atoms with Crippen molar-refractivity contribution >= 4 is 29.2 Å². The van der Waals surface area contributed by atoms with Gasteiger partial charge in [0.05, 0.1) is 24.3 Å². The molecule has 0 aliphatic heterocycles. The maximum Gasteiger partial charge on any atom is 0.335 e. The van der Waals surface area contributed by atoms with Gasteiger partial charge in [-0.25, -0.2) is 4.79 Å². The lowest BCUT2D eigenvalue weighted by Gasteiger charge is -2.12. The van der Waals surface area contributed by atoms with E-state index in [-0.39, 0.29) is 5.56 Å². The Bertz CT molecular complexity index is 1130. The van der Waals surface area contributed by atoms with E-state index < -0.39 is 5.97 Å². The molecule has 0 aliphatic rings. The zero-order chi connectivity index (χ0) is 21.5. The van der Waals surface area contributed by atoms with Crippen molar-refractivity contribution in [1.29, 1.82) is 5.26 Å². The van der Waals surface area contributed by atoms with Crippen molar-refractivity contribution in [3.63, 3.8) is 0 Å². The molecule has 0 spiro atoms. The topological polar surface area (TPSA) is 79.5 Å². The van der Waals surface area contributed by atoms with E-state index in [0.29, 0.717) is 34.3 Å². The monoisotopic (exact) mass is 419 g/mol. The number of hydrogen-bond acceptors (Lipinski definition) is 4. The van der Waals surface area contributed by atoms with E-state index in [1.807, 2.05) is 24.3 Å². The van der Waals surface area contributed by atoms with E-state index in [1.165, 1.54) is 12.1 Å². The number of aromatic carboxylic acids is 1. The number of carboxylic acid groups (broad SMARTS) is 1. The van der Waals surface area contributed by atoms with Crippen LogP contribution in [-0.4, -0.2) is 18.2 Å². The maximum atomic E-state index is 11.0. The third-order valence-corrected chi connectivity index (χ3v) is 4.77. The summed E-state index contributed by atoms with van der Waals surface area (Å²) in [5, 5.41) is 19.2. The fraction of sp³-hybridized carbons (Fsp3) is 0.0833. The molecule has 3 aromatic rings. The van der Waals surface area contributed by atoms with Crippen LogP contribution in [0.15, 0.2) is 66.7 Å². The summed E-state index contributed by atoms with van der Waals surface area (Å²) in [7, 11) is 1.54. The summed E-state index contributed by atoms with van der Waals surface area (Å²) in [6.07, 6.45) is 1.70. The van der Waals surface area contributed by atoms with Gasteiger partial charge in [-0.2, -0.15) is 5.26 Å². The number of carbonyl (C=O) groups is 1. The van der Waals surface area contributed by atoms with Crippen molar-refractivity contribution in [2.24, 2.45) is 0 Å². The van der Waals surface area contributed by atoms with Crippen LogP contribution < -0.4 is 9.47 Å². The molecule has 0 unspecified atom stereocenters. The minimum atomic E-state index is -1.01. The van der Waals surface area contributed by atoms with E-state index in [9.17, 15) is 10.1 Å². The van der Waals surface area contributed by atoms with Gasteiger partial charge in [0.1, 0.15) is 6.61 Å². The number of rotatable bonds is 7. The van der Waals surface area contributed by atoms with Gasteiger partial charge in [-0.05, 0) is 47.5 Å². The highest BCUT2D eigenvalue weighted by atomic mass is 35.5. The molecule has 0 saturated carbocycles. The molecule has 1 N–H and O–H groups in total. The second-order valence-electron chi connectivity index (χ2n) is 6.34. The Hall–Kier alpha value is -3.75. The van der Waals surface area contributed by atoms with E-state index in [0.717, 1.165) is 11.1 Å². The Morgan fingerprint density at radius 1 is 1.07 bits per heavy atom. The minimum absolute atomic E-state index is 0.165. The Morgan fingerprint density at radius 3 is 2.40 bits per heavy atom. The molecule has 0 aliphatic carbocycles. The molecule has 0 fully saturated rings. The summed E-state index contributed by atoms with van der Waals surface area (Å²) in [5.41, 5.74) is 2.80. The van der Waals surface area contributed by atoms with Crippen LogP contribution in [0.5, 0.6) is 11.5 Å². The van der Waals surface area contributed by atoms with Crippen LogP contribution in [0.25, 0.3) is 11.6 Å². The van der Waals surface area contributed by atoms with E-state index in [1.54, 1.807) is 43.5 Å². The normalized spacial score (nSPS) is 10.9. The van der Waals surface area contributed by atoms with Gasteiger partial charge in [0.25, 0.3) is 0 Å². The number of benzene rings is 3. The maximum absolute atomic E-state index is 11.0. The molecule has 0 heterocycles. The van der Waals surface area contributed by atoms with Crippen molar-refractivity contribution in [3.8, 4) is 17.6 Å². The van der Waals surface area contributed by atoms with Gasteiger partial charge in [-0.15, -0.1) is 0 Å². The summed E-state index contributed by atoms with van der Waals surface area (Å²) in [6.45, 7) is 0.296. The van der Waals surface area contributed by atoms with Gasteiger partial charge in [-0.1, -0.05) is 48.0 Å². The molecule has 0 bridgehead atoms. The van der Waals surface area contributed by atoms with Crippen molar-refractivity contribution in [2.75, 3.05) is 7.11 Å². The predicted octanol–water partition coefficient (Wildman–Crippen LogP) is 5.69. The number of ether oxygens (including phenoxy) is 2. The molecule has 3 aromatic carbocycles. The quantitative estimate of drug-likeness (QED) is 0.393. The smallest absolute Gasteiger partial charge is 0.335 e. The van der Waals surface area contributed by atoms with Gasteiger partial charge in [0.2, 0.25) is 0 Å². The molecule has 5 nitrogen and oxygen atoms in total. The highest BCUT2D eigenvalue weighted by molar-refractivity contribution is 6.31. The van der Waals surface area contributed by atoms with E-state index in [4.69, 9.17) is 26.2 Å². The van der Waals surface area contributed by atoms with Crippen molar-refractivity contribution < 1.29 is 19.4 Å². The first-order valence-corrected chi connectivity index (χ1v) is 9.39. The number of nitriles is 1. The first-order chi connectivity index (χ1) is 14.5. The highest BCUT2D eigenvalue weighted by Gasteiger charge is 2.09. The molecule has 0 aromatic heterocycles. The van der Waals surface area contributed by atoms with E-state index >= 15 is 0 Å². The number of allylic oxidation sites excluding steroid dienone is 1. The van der Waals surface area contributed by atoms with Crippen LogP contribution in [0.3, 0.4) is 0 Å². The zero-order valence-corrected chi connectivity index (χ0v) is 16.9. The third kappa shape index (κ3) is 4.99. The van der Waals surface area contributed by atoms with Crippen LogP contribution in [0.1, 0.15) is 27.0 Å². The lowest BCUT2D eigenvalue weighted by molar-refractivity contribution is 0.0697. The highest BCUT2D eigenvalue weighted by Crippen LogP contribution is 2.31. The molecular formula is C24H18ClNO4. The molecule has 150 valence electrons. The number of nitrogens with zero attached hydrogens (tertiary/aromatic N) is 1. The fourth-order valence-corrected chi connectivity index (χ4v) is 2.99. The summed E-state index contributed by atoms with van der Waals surface area (Å²) in [6, 6.07) is 21.1. The van der Waals surface area contributed by atoms with Crippen LogP contribution in [-0.2, 0) is 6.61 Å². The SMILES string of the molecule is COc1cc(/C=C(/C#N)c2ccc(C(=O)O)cc2)ccc1OCc1ccccc1Cl. The first kappa shape index (κ1) is 21.0. The molecule has 0 radical (unpaired) electrons. The average molecular weight is 420 g/mol. The first-order valence-electron chi connectivity index (χ1n) is 9.01. The largest absolute Gasteiger partial charge is 0.493 e. The second kappa shape index (κ2) is 9.64. The van der Waals surface area contributed by atoms with Gasteiger partial charge >= 0.3 is 5.97 Å². The lowest BCUT2D eigenvalue weighted by atomic mass is 10.0. The van der Waals surface area contributed by atoms with Gasteiger partial charge in [-0.3, -0.25) is 0 Å². The average Bonchev–Trinajstić information content (AvgIpc) is 2.77. The van der Waals surface area contributed by atoms with Gasteiger partial charge < -0.3 is 14.6 Å². The second-order valence-corrected chi connectivity index (χ2v) is 6.75. The molecule has 0 atom stereocenters. The van der Waals surface area contributed by atoms with Crippen molar-refractivity contribution in [1.82, 2.24) is 0 Å². The summed E-state index contributed by atoms with van der Waals surface area (Å²) < 4.78 is 11.3. The minimum Gasteiger partial charge on any atom is -0.493 e. The molecule has 0 saturated heterocycles. The summed E-state index contributed by atoms with van der Waals surface area (Å²) in [5.74, 6) is 0.0642. The molecular weight excluding hydrogens is 402 g/mol. The lowest BCUT2D eigenvalue weighted by Crippen LogP contribution is -1.98. The molecule has 3 rings (SSSR count). The molecule has 6 heteroatoms. The molecule has 30 heavy (non-hydrogen) atoms. The van der Waals surface area contributed by atoms with Crippen LogP contribution in [0.2, 0.25) is 5.02 Å². The predicted molar refractivity (Wildman–Crippen MR) is 116 cm³/mol.